The molecule has 0 atom stereocenters. The average Bonchev–Trinajstić information content (AvgIpc) is 2.34. The van der Waals surface area contributed by atoms with Crippen LogP contribution in [-0.2, 0) is 0 Å². The Morgan fingerprint density at radius 1 is 0.789 bits per heavy atom. The Labute approximate surface area is 122 Å². The second-order valence-electron chi connectivity index (χ2n) is 3.79. The first kappa shape index (κ1) is 14.5. The van der Waals surface area contributed by atoms with Crippen molar-refractivity contribution in [2.24, 2.45) is 0 Å². The predicted octanol–water partition coefficient (Wildman–Crippen LogP) is 6.39. The van der Waals surface area contributed by atoms with Crippen molar-refractivity contribution in [1.29, 1.82) is 0 Å². The molecular formula is C13H6Cl3F3. The zero-order valence-electron chi connectivity index (χ0n) is 9.23. The molecule has 0 spiro atoms. The Morgan fingerprint density at radius 3 is 2.05 bits per heavy atom. The topological polar surface area (TPSA) is 0 Å². The van der Waals surface area contributed by atoms with Gasteiger partial charge in [-0.25, -0.2) is 13.2 Å². The molecule has 0 nitrogen and oxygen atoms in total. The molecule has 0 heterocycles. The SMILES string of the molecule is Fc1ccc(C(F)F)cc1-c1cc(Cl)c(Cl)cc1Cl. The Balaban J connectivity index is 2.64. The second kappa shape index (κ2) is 5.61. The van der Waals surface area contributed by atoms with Crippen LogP contribution in [-0.4, -0.2) is 0 Å². The third-order valence-electron chi connectivity index (χ3n) is 2.54. The molecule has 100 valence electrons. The molecule has 0 bridgehead atoms. The maximum absolute atomic E-state index is 13.8. The van der Waals surface area contributed by atoms with Gasteiger partial charge in [0, 0.05) is 16.7 Å². The van der Waals surface area contributed by atoms with Gasteiger partial charge in [0.2, 0.25) is 0 Å². The lowest BCUT2D eigenvalue weighted by Gasteiger charge is -2.10. The molecule has 6 heteroatoms. The predicted molar refractivity (Wildman–Crippen MR) is 71.8 cm³/mol. The maximum atomic E-state index is 13.8. The second-order valence-corrected chi connectivity index (χ2v) is 5.01. The number of hydrogen-bond donors (Lipinski definition) is 0. The molecule has 0 unspecified atom stereocenters. The molecule has 0 amide bonds. The number of halogens is 6. The van der Waals surface area contributed by atoms with Crippen molar-refractivity contribution in [3.63, 3.8) is 0 Å². The first-order valence-electron chi connectivity index (χ1n) is 5.12. The molecule has 0 radical (unpaired) electrons. The van der Waals surface area contributed by atoms with Gasteiger partial charge in [0.25, 0.3) is 6.43 Å². The Kier molecular flexibility index (Phi) is 4.29. The molecule has 0 aliphatic rings. The van der Waals surface area contributed by atoms with Crippen LogP contribution < -0.4 is 0 Å². The van der Waals surface area contributed by atoms with Gasteiger partial charge in [-0.15, -0.1) is 0 Å². The van der Waals surface area contributed by atoms with E-state index in [1.807, 2.05) is 0 Å². The zero-order valence-corrected chi connectivity index (χ0v) is 11.5. The van der Waals surface area contributed by atoms with Gasteiger partial charge in [-0.2, -0.15) is 0 Å². The van der Waals surface area contributed by atoms with E-state index in [-0.39, 0.29) is 31.8 Å². The summed E-state index contributed by atoms with van der Waals surface area (Å²) in [6, 6.07) is 5.73. The van der Waals surface area contributed by atoms with Crippen LogP contribution >= 0.6 is 34.8 Å². The van der Waals surface area contributed by atoms with Crippen LogP contribution in [0.5, 0.6) is 0 Å². The largest absolute Gasteiger partial charge is 0.263 e. The van der Waals surface area contributed by atoms with Gasteiger partial charge < -0.3 is 0 Å². The number of alkyl halides is 2. The van der Waals surface area contributed by atoms with Gasteiger partial charge in [-0.05, 0) is 24.3 Å². The highest BCUT2D eigenvalue weighted by Gasteiger charge is 2.15. The molecule has 0 N–H and O–H groups in total. The van der Waals surface area contributed by atoms with Gasteiger partial charge in [0.15, 0.2) is 0 Å². The minimum Gasteiger partial charge on any atom is -0.206 e. The molecule has 0 aliphatic carbocycles. The summed E-state index contributed by atoms with van der Waals surface area (Å²) in [5.74, 6) is -0.662. The summed E-state index contributed by atoms with van der Waals surface area (Å²) in [6.45, 7) is 0. The van der Waals surface area contributed by atoms with Gasteiger partial charge in [-0.3, -0.25) is 0 Å². The molecule has 0 saturated heterocycles. The lowest BCUT2D eigenvalue weighted by atomic mass is 10.0. The van der Waals surface area contributed by atoms with Crippen molar-refractivity contribution in [3.05, 3.63) is 56.8 Å². The van der Waals surface area contributed by atoms with Crippen LogP contribution in [0.2, 0.25) is 15.1 Å². The van der Waals surface area contributed by atoms with E-state index in [9.17, 15) is 13.2 Å². The lowest BCUT2D eigenvalue weighted by molar-refractivity contribution is 0.151. The first-order valence-corrected chi connectivity index (χ1v) is 6.26. The molecule has 0 aliphatic heterocycles. The van der Waals surface area contributed by atoms with E-state index in [2.05, 4.69) is 0 Å². The molecule has 19 heavy (non-hydrogen) atoms. The summed E-state index contributed by atoms with van der Waals surface area (Å²) in [5.41, 5.74) is -0.115. The van der Waals surface area contributed by atoms with Crippen molar-refractivity contribution >= 4 is 34.8 Å². The molecular weight excluding hydrogens is 319 g/mol. The van der Waals surface area contributed by atoms with Gasteiger partial charge in [0.05, 0.1) is 15.1 Å². The van der Waals surface area contributed by atoms with E-state index in [0.29, 0.717) is 0 Å². The monoisotopic (exact) mass is 324 g/mol. The van der Waals surface area contributed by atoms with E-state index >= 15 is 0 Å². The highest BCUT2D eigenvalue weighted by molar-refractivity contribution is 6.44. The quantitative estimate of drug-likeness (QED) is 0.561. The Bertz CT molecular complexity index is 627. The van der Waals surface area contributed by atoms with Gasteiger partial charge >= 0.3 is 0 Å². The van der Waals surface area contributed by atoms with Crippen molar-refractivity contribution in [2.45, 2.75) is 6.43 Å². The minimum absolute atomic E-state index is 0.0404. The number of benzene rings is 2. The zero-order chi connectivity index (χ0) is 14.2. The Hall–Kier alpha value is -0.900. The van der Waals surface area contributed by atoms with Crippen molar-refractivity contribution in [2.75, 3.05) is 0 Å². The third-order valence-corrected chi connectivity index (χ3v) is 3.58. The number of rotatable bonds is 2. The standard InChI is InChI=1S/C13H6Cl3F3/c14-9-5-11(16)10(15)4-7(9)8-3-6(13(18)19)1-2-12(8)17/h1-5,13H. The highest BCUT2D eigenvalue weighted by atomic mass is 35.5. The van der Waals surface area contributed by atoms with Gasteiger partial charge in [0.1, 0.15) is 5.82 Å². The molecule has 2 aromatic rings. The first-order chi connectivity index (χ1) is 8.90. The van der Waals surface area contributed by atoms with E-state index in [1.54, 1.807) is 0 Å². The van der Waals surface area contributed by atoms with Crippen molar-refractivity contribution < 1.29 is 13.2 Å². The van der Waals surface area contributed by atoms with Crippen molar-refractivity contribution in [3.8, 4) is 11.1 Å². The summed E-state index contributed by atoms with van der Waals surface area (Å²) in [7, 11) is 0. The van der Waals surface area contributed by atoms with Crippen LogP contribution in [0.4, 0.5) is 13.2 Å². The normalized spacial score (nSPS) is 11.1. The third kappa shape index (κ3) is 2.99. The average molecular weight is 326 g/mol. The maximum Gasteiger partial charge on any atom is 0.263 e. The fraction of sp³-hybridized carbons (Fsp3) is 0.0769. The van der Waals surface area contributed by atoms with Crippen molar-refractivity contribution in [1.82, 2.24) is 0 Å². The van der Waals surface area contributed by atoms with Crippen LogP contribution in [0.15, 0.2) is 30.3 Å². The van der Waals surface area contributed by atoms with Crippen LogP contribution in [0.3, 0.4) is 0 Å². The minimum atomic E-state index is -2.69. The summed E-state index contributed by atoms with van der Waals surface area (Å²) in [4.78, 5) is 0. The summed E-state index contributed by atoms with van der Waals surface area (Å²) in [6.07, 6.45) is -2.69. The van der Waals surface area contributed by atoms with Crippen LogP contribution in [0.1, 0.15) is 12.0 Å². The van der Waals surface area contributed by atoms with Crippen LogP contribution in [0.25, 0.3) is 11.1 Å². The van der Waals surface area contributed by atoms with E-state index < -0.39 is 12.2 Å². The molecule has 2 rings (SSSR count). The summed E-state index contributed by atoms with van der Waals surface area (Å²) >= 11 is 17.5. The summed E-state index contributed by atoms with van der Waals surface area (Å²) < 4.78 is 39.0. The lowest BCUT2D eigenvalue weighted by Crippen LogP contribution is -1.91. The molecule has 0 saturated carbocycles. The summed E-state index contributed by atoms with van der Waals surface area (Å²) in [5, 5.41) is 0.517. The molecule has 0 aromatic heterocycles. The highest BCUT2D eigenvalue weighted by Crippen LogP contribution is 2.37. The van der Waals surface area contributed by atoms with Gasteiger partial charge in [-0.1, -0.05) is 40.9 Å². The number of hydrogen-bond acceptors (Lipinski definition) is 0. The fourth-order valence-corrected chi connectivity index (χ4v) is 2.26. The van der Waals surface area contributed by atoms with Crippen LogP contribution in [0, 0.1) is 5.82 Å². The smallest absolute Gasteiger partial charge is 0.206 e. The molecule has 0 fully saturated rings. The fourth-order valence-electron chi connectivity index (χ4n) is 1.61. The van der Waals surface area contributed by atoms with E-state index in [1.165, 1.54) is 12.1 Å². The van der Waals surface area contributed by atoms with E-state index in [4.69, 9.17) is 34.8 Å². The molecule has 2 aromatic carbocycles. The van der Waals surface area contributed by atoms with E-state index in [0.717, 1.165) is 18.2 Å². The Morgan fingerprint density at radius 2 is 1.42 bits per heavy atom.